The zero-order valence-corrected chi connectivity index (χ0v) is 13.4. The SMILES string of the molecule is O=C(NCCC(=O)N1CCc2cc(Br)ccc21)c1ccco1. The average molecular weight is 363 g/mol. The van der Waals surface area contributed by atoms with E-state index in [0.29, 0.717) is 13.1 Å². The highest BCUT2D eigenvalue weighted by Crippen LogP contribution is 2.30. The molecule has 0 atom stereocenters. The molecule has 1 aromatic carbocycles. The van der Waals surface area contributed by atoms with Gasteiger partial charge in [-0.25, -0.2) is 0 Å². The fourth-order valence-corrected chi connectivity index (χ4v) is 2.95. The molecule has 2 aromatic rings. The second-order valence-corrected chi connectivity index (χ2v) is 5.97. The summed E-state index contributed by atoms with van der Waals surface area (Å²) in [6, 6.07) is 9.17. The smallest absolute Gasteiger partial charge is 0.286 e. The highest BCUT2D eigenvalue weighted by atomic mass is 79.9. The number of benzene rings is 1. The van der Waals surface area contributed by atoms with Crippen molar-refractivity contribution in [3.8, 4) is 0 Å². The minimum atomic E-state index is -0.302. The second-order valence-electron chi connectivity index (χ2n) is 5.05. The van der Waals surface area contributed by atoms with Crippen molar-refractivity contribution in [2.24, 2.45) is 0 Å². The lowest BCUT2D eigenvalue weighted by atomic mass is 10.2. The average Bonchev–Trinajstić information content (AvgIpc) is 3.16. The van der Waals surface area contributed by atoms with Crippen molar-refractivity contribution in [3.63, 3.8) is 0 Å². The van der Waals surface area contributed by atoms with E-state index in [1.807, 2.05) is 18.2 Å². The first-order valence-corrected chi connectivity index (χ1v) is 7.85. The number of nitrogens with one attached hydrogen (secondary N) is 1. The zero-order valence-electron chi connectivity index (χ0n) is 11.8. The van der Waals surface area contributed by atoms with Crippen LogP contribution in [0.5, 0.6) is 0 Å². The van der Waals surface area contributed by atoms with E-state index in [-0.39, 0.29) is 24.0 Å². The Labute approximate surface area is 136 Å². The summed E-state index contributed by atoms with van der Waals surface area (Å²) in [5.41, 5.74) is 2.13. The van der Waals surface area contributed by atoms with Crippen LogP contribution in [0.4, 0.5) is 5.69 Å². The molecule has 0 bridgehead atoms. The van der Waals surface area contributed by atoms with Crippen LogP contribution in [0.25, 0.3) is 0 Å². The van der Waals surface area contributed by atoms with Gasteiger partial charge in [-0.15, -0.1) is 0 Å². The molecule has 0 fully saturated rings. The molecule has 114 valence electrons. The number of carbonyl (C=O) groups is 2. The van der Waals surface area contributed by atoms with E-state index in [2.05, 4.69) is 21.2 Å². The third-order valence-corrected chi connectivity index (χ3v) is 4.10. The van der Waals surface area contributed by atoms with Gasteiger partial charge in [-0.3, -0.25) is 9.59 Å². The highest BCUT2D eigenvalue weighted by Gasteiger charge is 2.24. The Balaban J connectivity index is 1.55. The van der Waals surface area contributed by atoms with Crippen LogP contribution in [-0.2, 0) is 11.2 Å². The number of amides is 2. The van der Waals surface area contributed by atoms with E-state index >= 15 is 0 Å². The molecule has 1 N–H and O–H groups in total. The van der Waals surface area contributed by atoms with Gasteiger partial charge >= 0.3 is 0 Å². The first kappa shape index (κ1) is 14.8. The number of carbonyl (C=O) groups excluding carboxylic acids is 2. The number of hydrogen-bond acceptors (Lipinski definition) is 3. The van der Waals surface area contributed by atoms with Gasteiger partial charge in [-0.2, -0.15) is 0 Å². The first-order chi connectivity index (χ1) is 10.6. The van der Waals surface area contributed by atoms with Crippen molar-refractivity contribution < 1.29 is 14.0 Å². The van der Waals surface area contributed by atoms with E-state index in [0.717, 1.165) is 16.6 Å². The number of halogens is 1. The molecule has 0 spiro atoms. The summed E-state index contributed by atoms with van der Waals surface area (Å²) in [4.78, 5) is 25.8. The quantitative estimate of drug-likeness (QED) is 0.909. The molecule has 0 unspecified atom stereocenters. The zero-order chi connectivity index (χ0) is 15.5. The molecule has 1 aliphatic rings. The Bertz CT molecular complexity index is 697. The molecule has 22 heavy (non-hydrogen) atoms. The third kappa shape index (κ3) is 3.06. The predicted molar refractivity (Wildman–Crippen MR) is 85.9 cm³/mol. The van der Waals surface area contributed by atoms with E-state index in [9.17, 15) is 9.59 Å². The monoisotopic (exact) mass is 362 g/mol. The van der Waals surface area contributed by atoms with Gasteiger partial charge in [-0.1, -0.05) is 15.9 Å². The van der Waals surface area contributed by atoms with Crippen LogP contribution in [0.15, 0.2) is 45.5 Å². The summed E-state index contributed by atoms with van der Waals surface area (Å²) in [6.07, 6.45) is 2.57. The molecule has 2 heterocycles. The number of hydrogen-bond donors (Lipinski definition) is 1. The summed E-state index contributed by atoms with van der Waals surface area (Å²) in [5, 5.41) is 2.68. The summed E-state index contributed by atoms with van der Waals surface area (Å²) in [7, 11) is 0. The van der Waals surface area contributed by atoms with E-state index in [1.54, 1.807) is 17.0 Å². The van der Waals surface area contributed by atoms with Gasteiger partial charge in [0, 0.05) is 29.7 Å². The van der Waals surface area contributed by atoms with Crippen LogP contribution in [0.3, 0.4) is 0 Å². The van der Waals surface area contributed by atoms with Gasteiger partial charge in [0.05, 0.1) is 6.26 Å². The van der Waals surface area contributed by atoms with Crippen LogP contribution >= 0.6 is 15.9 Å². The highest BCUT2D eigenvalue weighted by molar-refractivity contribution is 9.10. The van der Waals surface area contributed by atoms with Crippen LogP contribution in [0.2, 0.25) is 0 Å². The molecule has 6 heteroatoms. The molecule has 3 rings (SSSR count). The number of anilines is 1. The van der Waals surface area contributed by atoms with Crippen molar-refractivity contribution in [2.75, 3.05) is 18.0 Å². The van der Waals surface area contributed by atoms with Crippen LogP contribution in [0.1, 0.15) is 22.5 Å². The van der Waals surface area contributed by atoms with Gasteiger partial charge in [0.25, 0.3) is 5.91 Å². The Morgan fingerprint density at radius 1 is 1.32 bits per heavy atom. The molecule has 0 saturated carbocycles. The summed E-state index contributed by atoms with van der Waals surface area (Å²) >= 11 is 3.44. The van der Waals surface area contributed by atoms with Gasteiger partial charge in [0.15, 0.2) is 5.76 Å². The molecule has 1 aliphatic heterocycles. The predicted octanol–water partition coefficient (Wildman–Crippen LogP) is 2.75. The Kier molecular flexibility index (Phi) is 4.29. The van der Waals surface area contributed by atoms with Crippen molar-refractivity contribution >= 4 is 33.4 Å². The number of furan rings is 1. The lowest BCUT2D eigenvalue weighted by Crippen LogP contribution is -2.33. The Morgan fingerprint density at radius 2 is 2.18 bits per heavy atom. The molecular formula is C16H15BrN2O3. The van der Waals surface area contributed by atoms with Crippen LogP contribution in [-0.4, -0.2) is 24.9 Å². The standard InChI is InChI=1S/C16H15BrN2O3/c17-12-3-4-13-11(10-12)6-8-19(13)15(20)5-7-18-16(21)14-2-1-9-22-14/h1-4,9-10H,5-8H2,(H,18,21). The molecule has 1 aromatic heterocycles. The van der Waals surface area contributed by atoms with Gasteiger partial charge < -0.3 is 14.6 Å². The maximum Gasteiger partial charge on any atom is 0.286 e. The fourth-order valence-electron chi connectivity index (χ4n) is 2.54. The number of rotatable bonds is 4. The lowest BCUT2D eigenvalue weighted by Gasteiger charge is -2.17. The van der Waals surface area contributed by atoms with Gasteiger partial charge in [0.2, 0.25) is 5.91 Å². The second kappa shape index (κ2) is 6.36. The fraction of sp³-hybridized carbons (Fsp3) is 0.250. The van der Waals surface area contributed by atoms with E-state index in [4.69, 9.17) is 4.42 Å². The molecule has 0 saturated heterocycles. The number of fused-ring (bicyclic) bond motifs is 1. The summed E-state index contributed by atoms with van der Waals surface area (Å²) < 4.78 is 6.02. The minimum absolute atomic E-state index is 0.0146. The normalized spacial score (nSPS) is 13.0. The summed E-state index contributed by atoms with van der Waals surface area (Å²) in [6.45, 7) is 0.984. The molecule has 5 nitrogen and oxygen atoms in total. The van der Waals surface area contributed by atoms with Crippen molar-refractivity contribution in [1.29, 1.82) is 0 Å². The summed E-state index contributed by atoms with van der Waals surface area (Å²) in [5.74, 6) is -0.0341. The van der Waals surface area contributed by atoms with E-state index < -0.39 is 0 Å². The van der Waals surface area contributed by atoms with Gasteiger partial charge in [0.1, 0.15) is 0 Å². The van der Waals surface area contributed by atoms with Crippen LogP contribution < -0.4 is 10.2 Å². The van der Waals surface area contributed by atoms with Crippen molar-refractivity contribution in [1.82, 2.24) is 5.32 Å². The topological polar surface area (TPSA) is 62.6 Å². The minimum Gasteiger partial charge on any atom is -0.459 e. The molecule has 0 radical (unpaired) electrons. The largest absolute Gasteiger partial charge is 0.459 e. The van der Waals surface area contributed by atoms with Crippen molar-refractivity contribution in [3.05, 3.63) is 52.4 Å². The molecule has 0 aliphatic carbocycles. The van der Waals surface area contributed by atoms with Gasteiger partial charge in [-0.05, 0) is 42.3 Å². The van der Waals surface area contributed by atoms with Crippen LogP contribution in [0, 0.1) is 0 Å². The maximum absolute atomic E-state index is 12.3. The first-order valence-electron chi connectivity index (χ1n) is 7.05. The molecule has 2 amide bonds. The lowest BCUT2D eigenvalue weighted by molar-refractivity contribution is -0.118. The van der Waals surface area contributed by atoms with Crippen molar-refractivity contribution in [2.45, 2.75) is 12.8 Å². The molecular weight excluding hydrogens is 348 g/mol. The third-order valence-electron chi connectivity index (χ3n) is 3.61. The Hall–Kier alpha value is -2.08. The van der Waals surface area contributed by atoms with E-state index in [1.165, 1.54) is 11.8 Å². The number of nitrogens with zero attached hydrogens (tertiary/aromatic N) is 1. The Morgan fingerprint density at radius 3 is 2.95 bits per heavy atom. The maximum atomic E-state index is 12.3.